The van der Waals surface area contributed by atoms with Crippen LogP contribution in [0.3, 0.4) is 0 Å². The number of piperidine rings is 1. The molecule has 0 saturated carbocycles. The van der Waals surface area contributed by atoms with E-state index in [1.165, 1.54) is 0 Å². The zero-order chi connectivity index (χ0) is 12.5. The Labute approximate surface area is 108 Å². The van der Waals surface area contributed by atoms with Crippen molar-refractivity contribution in [1.82, 2.24) is 4.90 Å². The fraction of sp³-hybridized carbons (Fsp3) is 1.00. The molecule has 0 amide bonds. The summed E-state index contributed by atoms with van der Waals surface area (Å²) in [4.78, 5) is 2.36. The van der Waals surface area contributed by atoms with Crippen LogP contribution < -0.4 is 5.73 Å². The van der Waals surface area contributed by atoms with E-state index in [0.29, 0.717) is 11.5 Å². The van der Waals surface area contributed by atoms with E-state index in [9.17, 15) is 8.42 Å². The zero-order valence-electron chi connectivity index (χ0n) is 10.4. The lowest BCUT2D eigenvalue weighted by Gasteiger charge is -2.42. The number of thioether (sulfide) groups is 1. The zero-order valence-corrected chi connectivity index (χ0v) is 12.0. The highest BCUT2D eigenvalue weighted by molar-refractivity contribution is 8.00. The molecule has 2 N–H and O–H groups in total. The molecule has 0 aromatic rings. The van der Waals surface area contributed by atoms with Gasteiger partial charge in [0, 0.05) is 17.3 Å². The van der Waals surface area contributed by atoms with Crippen molar-refractivity contribution >= 4 is 21.6 Å². The summed E-state index contributed by atoms with van der Waals surface area (Å²) in [5.74, 6) is 0.737. The lowest BCUT2D eigenvalue weighted by atomic mass is 9.94. The number of hydrogen-bond donors (Lipinski definition) is 1. The Bertz CT molecular complexity index is 356. The summed E-state index contributed by atoms with van der Waals surface area (Å²) in [5.41, 5.74) is 5.86. The van der Waals surface area contributed by atoms with Gasteiger partial charge in [0.2, 0.25) is 0 Å². The summed E-state index contributed by atoms with van der Waals surface area (Å²) in [7, 11) is -2.76. The molecule has 0 aliphatic carbocycles. The second-order valence-corrected chi connectivity index (χ2v) is 8.69. The van der Waals surface area contributed by atoms with Gasteiger partial charge in [0.15, 0.2) is 9.84 Å². The minimum absolute atomic E-state index is 0.230. The van der Waals surface area contributed by atoms with Crippen molar-refractivity contribution in [2.75, 3.05) is 37.4 Å². The van der Waals surface area contributed by atoms with Gasteiger partial charge in [-0.1, -0.05) is 0 Å². The Kier molecular flexibility index (Phi) is 4.07. The van der Waals surface area contributed by atoms with E-state index in [1.54, 1.807) is 0 Å². The molecule has 0 aromatic heterocycles. The van der Waals surface area contributed by atoms with Crippen LogP contribution in [-0.2, 0) is 9.84 Å². The number of nitrogens with two attached hydrogens (primary N) is 1. The lowest BCUT2D eigenvalue weighted by Crippen LogP contribution is -2.50. The highest BCUT2D eigenvalue weighted by Gasteiger charge is 2.38. The Morgan fingerprint density at radius 1 is 1.41 bits per heavy atom. The van der Waals surface area contributed by atoms with E-state index in [4.69, 9.17) is 5.73 Å². The van der Waals surface area contributed by atoms with Crippen LogP contribution in [0.2, 0.25) is 0 Å². The van der Waals surface area contributed by atoms with Gasteiger partial charge in [-0.2, -0.15) is 11.8 Å². The maximum Gasteiger partial charge on any atom is 0.151 e. The van der Waals surface area contributed by atoms with Gasteiger partial charge in [0.05, 0.1) is 11.5 Å². The summed E-state index contributed by atoms with van der Waals surface area (Å²) >= 11 is 1.87. The molecule has 17 heavy (non-hydrogen) atoms. The second-order valence-electron chi connectivity index (χ2n) is 5.18. The van der Waals surface area contributed by atoms with Crippen molar-refractivity contribution in [3.63, 3.8) is 0 Å². The number of rotatable bonds is 3. The standard InChI is InChI=1S/C11H22N2O2S2/c1-16-11(9-12)3-5-13(6-4-11)10-2-7-17(14,15)8-10/h10H,2-9,12H2,1H3. The summed E-state index contributed by atoms with van der Waals surface area (Å²) in [6.07, 6.45) is 5.11. The van der Waals surface area contributed by atoms with Gasteiger partial charge in [-0.3, -0.25) is 4.90 Å². The topological polar surface area (TPSA) is 63.4 Å². The first-order chi connectivity index (χ1) is 8.00. The van der Waals surface area contributed by atoms with Gasteiger partial charge in [0.1, 0.15) is 0 Å². The van der Waals surface area contributed by atoms with Gasteiger partial charge in [-0.15, -0.1) is 0 Å². The Morgan fingerprint density at radius 3 is 2.47 bits per heavy atom. The van der Waals surface area contributed by atoms with Crippen molar-refractivity contribution in [3.8, 4) is 0 Å². The number of nitrogens with zero attached hydrogens (tertiary/aromatic N) is 1. The largest absolute Gasteiger partial charge is 0.329 e. The van der Waals surface area contributed by atoms with E-state index < -0.39 is 9.84 Å². The predicted molar refractivity (Wildman–Crippen MR) is 73.2 cm³/mol. The molecule has 2 heterocycles. The van der Waals surface area contributed by atoms with E-state index in [0.717, 1.165) is 38.9 Å². The molecular weight excluding hydrogens is 256 g/mol. The van der Waals surface area contributed by atoms with Crippen LogP contribution in [0.5, 0.6) is 0 Å². The minimum atomic E-state index is -2.76. The Morgan fingerprint density at radius 2 is 2.06 bits per heavy atom. The van der Waals surface area contributed by atoms with Gasteiger partial charge in [0.25, 0.3) is 0 Å². The van der Waals surface area contributed by atoms with Crippen molar-refractivity contribution in [1.29, 1.82) is 0 Å². The van der Waals surface area contributed by atoms with Crippen LogP contribution in [0.25, 0.3) is 0 Å². The van der Waals surface area contributed by atoms with Crippen LogP contribution in [0.1, 0.15) is 19.3 Å². The molecule has 0 bridgehead atoms. The molecule has 2 saturated heterocycles. The third kappa shape index (κ3) is 2.97. The first-order valence-electron chi connectivity index (χ1n) is 6.20. The first-order valence-corrected chi connectivity index (χ1v) is 9.25. The Balaban J connectivity index is 1.92. The molecule has 2 aliphatic heterocycles. The number of sulfone groups is 1. The SMILES string of the molecule is CSC1(CN)CCN(C2CCS(=O)(=O)C2)CC1. The molecule has 2 aliphatic rings. The molecular formula is C11H22N2O2S2. The fourth-order valence-electron chi connectivity index (χ4n) is 2.85. The van der Waals surface area contributed by atoms with E-state index in [1.807, 2.05) is 11.8 Å². The highest BCUT2D eigenvalue weighted by atomic mass is 32.2. The van der Waals surface area contributed by atoms with Gasteiger partial charge in [-0.05, 0) is 38.6 Å². The molecule has 2 fully saturated rings. The van der Waals surface area contributed by atoms with Gasteiger partial charge >= 0.3 is 0 Å². The van der Waals surface area contributed by atoms with Gasteiger partial charge in [-0.25, -0.2) is 8.42 Å². The maximum absolute atomic E-state index is 11.5. The van der Waals surface area contributed by atoms with Crippen molar-refractivity contribution < 1.29 is 8.42 Å². The molecule has 2 rings (SSSR count). The lowest BCUT2D eigenvalue weighted by molar-refractivity contribution is 0.157. The van der Waals surface area contributed by atoms with Crippen molar-refractivity contribution in [2.45, 2.75) is 30.1 Å². The number of likely N-dealkylation sites (tertiary alicyclic amines) is 1. The monoisotopic (exact) mass is 278 g/mol. The second kappa shape index (κ2) is 5.07. The number of hydrogen-bond acceptors (Lipinski definition) is 5. The molecule has 0 radical (unpaired) electrons. The third-order valence-corrected chi connectivity index (χ3v) is 7.43. The molecule has 4 nitrogen and oxygen atoms in total. The van der Waals surface area contributed by atoms with E-state index >= 15 is 0 Å². The third-order valence-electron chi connectivity index (χ3n) is 4.24. The van der Waals surface area contributed by atoms with Gasteiger partial charge < -0.3 is 5.73 Å². The molecule has 1 unspecified atom stereocenters. The molecule has 1 atom stereocenters. The summed E-state index contributed by atoms with van der Waals surface area (Å²) in [6, 6.07) is 0.262. The summed E-state index contributed by atoms with van der Waals surface area (Å²) < 4.78 is 23.2. The summed E-state index contributed by atoms with van der Waals surface area (Å²) in [5, 5.41) is 0. The van der Waals surface area contributed by atoms with Crippen LogP contribution >= 0.6 is 11.8 Å². The molecule has 0 aromatic carbocycles. The predicted octanol–water partition coefficient (Wildman–Crippen LogP) is 0.330. The smallest absolute Gasteiger partial charge is 0.151 e. The Hall–Kier alpha value is 0.220. The molecule has 0 spiro atoms. The van der Waals surface area contributed by atoms with Crippen LogP contribution in [0.15, 0.2) is 0 Å². The highest BCUT2D eigenvalue weighted by Crippen LogP contribution is 2.35. The first kappa shape index (κ1) is 13.6. The van der Waals surface area contributed by atoms with Crippen molar-refractivity contribution in [2.24, 2.45) is 5.73 Å². The van der Waals surface area contributed by atoms with E-state index in [-0.39, 0.29) is 10.8 Å². The van der Waals surface area contributed by atoms with Crippen LogP contribution in [-0.4, -0.2) is 61.5 Å². The molecule has 100 valence electrons. The van der Waals surface area contributed by atoms with E-state index in [2.05, 4.69) is 11.2 Å². The quantitative estimate of drug-likeness (QED) is 0.806. The van der Waals surface area contributed by atoms with Crippen LogP contribution in [0.4, 0.5) is 0 Å². The average molecular weight is 278 g/mol. The fourth-order valence-corrected chi connectivity index (χ4v) is 5.37. The normalized spacial score (nSPS) is 32.7. The summed E-state index contributed by atoms with van der Waals surface area (Å²) in [6.45, 7) is 2.72. The molecule has 6 heteroatoms. The average Bonchev–Trinajstić information content (AvgIpc) is 2.70. The minimum Gasteiger partial charge on any atom is -0.329 e. The van der Waals surface area contributed by atoms with Crippen LogP contribution in [0, 0.1) is 0 Å². The van der Waals surface area contributed by atoms with Crippen molar-refractivity contribution in [3.05, 3.63) is 0 Å². The maximum atomic E-state index is 11.5.